The number of rotatable bonds is 1. The van der Waals surface area contributed by atoms with Gasteiger partial charge in [-0.2, -0.15) is 5.10 Å². The number of benzene rings is 1. The molecule has 3 rings (SSSR count). The van der Waals surface area contributed by atoms with Crippen molar-refractivity contribution in [3.05, 3.63) is 41.4 Å². The molecule has 0 aliphatic carbocycles. The quantitative estimate of drug-likeness (QED) is 0.720. The molecule has 0 bridgehead atoms. The standard InChI is InChI=1S/C11H6ClFN4/c12-10-9-8(5-14-17-10)15-11(16-9)6-2-1-3-7(13)4-6/h1-5H,(H,15,16). The Kier molecular flexibility index (Phi) is 2.26. The van der Waals surface area contributed by atoms with Crippen LogP contribution < -0.4 is 0 Å². The number of H-pyrrole nitrogens is 1. The second-order valence-corrected chi connectivity index (χ2v) is 3.85. The first-order valence-electron chi connectivity index (χ1n) is 4.87. The number of nitrogens with zero attached hydrogens (tertiary/aromatic N) is 3. The first-order chi connectivity index (χ1) is 8.24. The number of fused-ring (bicyclic) bond motifs is 1. The van der Waals surface area contributed by atoms with Crippen LogP contribution in [0.3, 0.4) is 0 Å². The molecular weight excluding hydrogens is 243 g/mol. The Morgan fingerprint density at radius 3 is 2.94 bits per heavy atom. The van der Waals surface area contributed by atoms with Gasteiger partial charge < -0.3 is 4.98 Å². The average molecular weight is 249 g/mol. The van der Waals surface area contributed by atoms with Gasteiger partial charge in [-0.05, 0) is 12.1 Å². The van der Waals surface area contributed by atoms with E-state index in [0.717, 1.165) is 0 Å². The van der Waals surface area contributed by atoms with E-state index < -0.39 is 0 Å². The van der Waals surface area contributed by atoms with Crippen LogP contribution in [0.1, 0.15) is 0 Å². The highest BCUT2D eigenvalue weighted by Gasteiger charge is 2.09. The molecule has 4 nitrogen and oxygen atoms in total. The van der Waals surface area contributed by atoms with Crippen LogP contribution in [0.2, 0.25) is 5.15 Å². The SMILES string of the molecule is Fc1cccc(-c2nc3c(Cl)nncc3[nH]2)c1. The van der Waals surface area contributed by atoms with E-state index in [9.17, 15) is 4.39 Å². The maximum atomic E-state index is 13.1. The first-order valence-corrected chi connectivity index (χ1v) is 5.24. The van der Waals surface area contributed by atoms with Crippen molar-refractivity contribution in [3.8, 4) is 11.4 Å². The normalized spacial score (nSPS) is 10.9. The zero-order valence-electron chi connectivity index (χ0n) is 8.48. The van der Waals surface area contributed by atoms with E-state index in [2.05, 4.69) is 20.2 Å². The Morgan fingerprint density at radius 2 is 2.18 bits per heavy atom. The molecule has 0 aliphatic rings. The summed E-state index contributed by atoms with van der Waals surface area (Å²) in [6, 6.07) is 6.15. The van der Waals surface area contributed by atoms with E-state index in [0.29, 0.717) is 22.4 Å². The summed E-state index contributed by atoms with van der Waals surface area (Å²) in [4.78, 5) is 7.28. The molecule has 1 aromatic carbocycles. The lowest BCUT2D eigenvalue weighted by Crippen LogP contribution is -1.82. The van der Waals surface area contributed by atoms with Crippen molar-refractivity contribution < 1.29 is 4.39 Å². The average Bonchev–Trinajstić information content (AvgIpc) is 2.74. The molecule has 3 aromatic rings. The third-order valence-electron chi connectivity index (χ3n) is 2.36. The van der Waals surface area contributed by atoms with Gasteiger partial charge >= 0.3 is 0 Å². The van der Waals surface area contributed by atoms with Gasteiger partial charge in [-0.25, -0.2) is 9.37 Å². The van der Waals surface area contributed by atoms with Crippen molar-refractivity contribution in [1.82, 2.24) is 20.2 Å². The fourth-order valence-electron chi connectivity index (χ4n) is 1.59. The molecule has 0 aliphatic heterocycles. The molecule has 0 saturated heterocycles. The van der Waals surface area contributed by atoms with Crippen LogP contribution in [0.5, 0.6) is 0 Å². The van der Waals surface area contributed by atoms with Crippen LogP contribution in [0.25, 0.3) is 22.4 Å². The predicted molar refractivity (Wildman–Crippen MR) is 62.1 cm³/mol. The molecule has 0 amide bonds. The predicted octanol–water partition coefficient (Wildman–Crippen LogP) is 2.81. The van der Waals surface area contributed by atoms with Crippen molar-refractivity contribution in [1.29, 1.82) is 0 Å². The van der Waals surface area contributed by atoms with Gasteiger partial charge in [0.25, 0.3) is 0 Å². The Hall–Kier alpha value is -2.01. The van der Waals surface area contributed by atoms with Gasteiger partial charge in [0.2, 0.25) is 0 Å². The molecule has 0 radical (unpaired) electrons. The topological polar surface area (TPSA) is 54.5 Å². The molecule has 0 saturated carbocycles. The molecular formula is C11H6ClFN4. The van der Waals surface area contributed by atoms with E-state index in [1.165, 1.54) is 18.3 Å². The molecule has 84 valence electrons. The van der Waals surface area contributed by atoms with Crippen LogP contribution in [-0.2, 0) is 0 Å². The van der Waals surface area contributed by atoms with Crippen molar-refractivity contribution in [2.75, 3.05) is 0 Å². The van der Waals surface area contributed by atoms with E-state index in [4.69, 9.17) is 11.6 Å². The number of hydrogen-bond donors (Lipinski definition) is 1. The number of imidazole rings is 1. The Balaban J connectivity index is 2.22. The van der Waals surface area contributed by atoms with E-state index in [1.54, 1.807) is 12.1 Å². The summed E-state index contributed by atoms with van der Waals surface area (Å²) < 4.78 is 13.1. The summed E-state index contributed by atoms with van der Waals surface area (Å²) >= 11 is 5.86. The number of halogens is 2. The molecule has 0 unspecified atom stereocenters. The fraction of sp³-hybridized carbons (Fsp3) is 0. The second kappa shape index (κ2) is 3.78. The number of nitrogens with one attached hydrogen (secondary N) is 1. The maximum absolute atomic E-state index is 13.1. The molecule has 2 aromatic heterocycles. The lowest BCUT2D eigenvalue weighted by Gasteiger charge is -1.95. The van der Waals surface area contributed by atoms with Gasteiger partial charge in [0.1, 0.15) is 17.2 Å². The molecule has 17 heavy (non-hydrogen) atoms. The summed E-state index contributed by atoms with van der Waals surface area (Å²) in [5.41, 5.74) is 1.85. The third kappa shape index (κ3) is 1.74. The molecule has 0 spiro atoms. The fourth-order valence-corrected chi connectivity index (χ4v) is 1.78. The summed E-state index contributed by atoms with van der Waals surface area (Å²) in [7, 11) is 0. The van der Waals surface area contributed by atoms with Crippen LogP contribution in [0.4, 0.5) is 4.39 Å². The first kappa shape index (κ1) is 10.2. The third-order valence-corrected chi connectivity index (χ3v) is 2.61. The summed E-state index contributed by atoms with van der Waals surface area (Å²) in [5, 5.41) is 7.62. The lowest BCUT2D eigenvalue weighted by molar-refractivity contribution is 0.628. The zero-order chi connectivity index (χ0) is 11.8. The van der Waals surface area contributed by atoms with Crippen LogP contribution in [0.15, 0.2) is 30.5 Å². The van der Waals surface area contributed by atoms with Gasteiger partial charge in [0.15, 0.2) is 5.15 Å². The summed E-state index contributed by atoms with van der Waals surface area (Å²) in [6.45, 7) is 0. The number of aromatic nitrogens is 4. The van der Waals surface area contributed by atoms with Crippen molar-refractivity contribution in [3.63, 3.8) is 0 Å². The van der Waals surface area contributed by atoms with E-state index in [1.807, 2.05) is 0 Å². The highest BCUT2D eigenvalue weighted by molar-refractivity contribution is 6.33. The summed E-state index contributed by atoms with van der Waals surface area (Å²) in [6.07, 6.45) is 1.52. The maximum Gasteiger partial charge on any atom is 0.179 e. The number of aromatic amines is 1. The van der Waals surface area contributed by atoms with E-state index >= 15 is 0 Å². The van der Waals surface area contributed by atoms with Crippen LogP contribution >= 0.6 is 11.6 Å². The highest BCUT2D eigenvalue weighted by atomic mass is 35.5. The van der Waals surface area contributed by atoms with Crippen LogP contribution in [-0.4, -0.2) is 20.2 Å². The van der Waals surface area contributed by atoms with Gasteiger partial charge in [0, 0.05) is 5.56 Å². The Labute approximate surface area is 100 Å². The second-order valence-electron chi connectivity index (χ2n) is 3.49. The largest absolute Gasteiger partial charge is 0.337 e. The monoisotopic (exact) mass is 248 g/mol. The molecule has 2 heterocycles. The minimum absolute atomic E-state index is 0.224. The highest BCUT2D eigenvalue weighted by Crippen LogP contribution is 2.23. The van der Waals surface area contributed by atoms with E-state index in [-0.39, 0.29) is 11.0 Å². The van der Waals surface area contributed by atoms with Crippen molar-refractivity contribution >= 4 is 22.6 Å². The number of hydrogen-bond acceptors (Lipinski definition) is 3. The van der Waals surface area contributed by atoms with Crippen molar-refractivity contribution in [2.45, 2.75) is 0 Å². The molecule has 0 atom stereocenters. The van der Waals surface area contributed by atoms with Gasteiger partial charge in [-0.15, -0.1) is 5.10 Å². The molecule has 1 N–H and O–H groups in total. The lowest BCUT2D eigenvalue weighted by atomic mass is 10.2. The zero-order valence-corrected chi connectivity index (χ0v) is 9.24. The van der Waals surface area contributed by atoms with Crippen molar-refractivity contribution in [2.24, 2.45) is 0 Å². The van der Waals surface area contributed by atoms with Gasteiger partial charge in [-0.3, -0.25) is 0 Å². The summed E-state index contributed by atoms with van der Waals surface area (Å²) in [5.74, 6) is 0.224. The Bertz CT molecular complexity index is 695. The Morgan fingerprint density at radius 1 is 1.29 bits per heavy atom. The minimum atomic E-state index is -0.315. The van der Waals surface area contributed by atoms with Crippen LogP contribution in [0, 0.1) is 5.82 Å². The minimum Gasteiger partial charge on any atom is -0.337 e. The molecule has 0 fully saturated rings. The van der Waals surface area contributed by atoms with Gasteiger partial charge in [-0.1, -0.05) is 23.7 Å². The molecule has 6 heteroatoms. The van der Waals surface area contributed by atoms with Gasteiger partial charge in [0.05, 0.1) is 11.7 Å². The smallest absolute Gasteiger partial charge is 0.179 e.